The minimum absolute atomic E-state index is 0.350. The van der Waals surface area contributed by atoms with Crippen LogP contribution in [0.3, 0.4) is 0 Å². The zero-order chi connectivity index (χ0) is 9.52. The molecule has 0 aliphatic carbocycles. The highest BCUT2D eigenvalue weighted by atomic mass is 16.2. The van der Waals surface area contributed by atoms with Gasteiger partial charge in [-0.2, -0.15) is 4.90 Å². The molecule has 4 nitrogen and oxygen atoms in total. The van der Waals surface area contributed by atoms with E-state index >= 15 is 0 Å². The van der Waals surface area contributed by atoms with E-state index in [1.54, 1.807) is 20.9 Å². The molecule has 3 amide bonds. The van der Waals surface area contributed by atoms with Crippen LogP contribution in [-0.2, 0) is 4.79 Å². The first-order valence-electron chi connectivity index (χ1n) is 3.51. The van der Waals surface area contributed by atoms with Crippen LogP contribution in [0.25, 0.3) is 0 Å². The van der Waals surface area contributed by atoms with Crippen LogP contribution in [0.1, 0.15) is 13.8 Å². The Kier molecular flexibility index (Phi) is 1.61. The number of nitrogens with zero attached hydrogens (tertiary/aromatic N) is 2. The second kappa shape index (κ2) is 2.24. The molecule has 0 aromatic rings. The molecule has 1 fully saturated rings. The first-order valence-corrected chi connectivity index (χ1v) is 3.51. The van der Waals surface area contributed by atoms with E-state index in [2.05, 4.69) is 0 Å². The van der Waals surface area contributed by atoms with E-state index in [9.17, 15) is 9.59 Å². The van der Waals surface area contributed by atoms with Crippen molar-refractivity contribution < 1.29 is 9.59 Å². The van der Waals surface area contributed by atoms with Gasteiger partial charge in [0.2, 0.25) is 0 Å². The topological polar surface area (TPSA) is 40.6 Å². The van der Waals surface area contributed by atoms with Crippen molar-refractivity contribution in [2.24, 2.45) is 0 Å². The van der Waals surface area contributed by atoms with Gasteiger partial charge in [0, 0.05) is 13.1 Å². The number of urea groups is 1. The zero-order valence-corrected chi connectivity index (χ0v) is 7.29. The SMILES string of the molecule is C#CN1C(=O)N(C)C(C)(C)C1=O. The quantitative estimate of drug-likeness (QED) is 0.382. The molecule has 0 atom stereocenters. The number of hydrogen-bond acceptors (Lipinski definition) is 2. The van der Waals surface area contributed by atoms with Crippen molar-refractivity contribution >= 4 is 11.9 Å². The lowest BCUT2D eigenvalue weighted by Crippen LogP contribution is -2.41. The van der Waals surface area contributed by atoms with E-state index in [0.717, 1.165) is 4.90 Å². The molecule has 0 aromatic carbocycles. The first-order chi connectivity index (χ1) is 5.42. The van der Waals surface area contributed by atoms with Crippen molar-refractivity contribution in [2.45, 2.75) is 19.4 Å². The van der Waals surface area contributed by atoms with Crippen LogP contribution in [0.5, 0.6) is 0 Å². The summed E-state index contributed by atoms with van der Waals surface area (Å²) >= 11 is 0. The maximum absolute atomic E-state index is 11.4. The van der Waals surface area contributed by atoms with Gasteiger partial charge in [0.25, 0.3) is 5.91 Å². The fraction of sp³-hybridized carbons (Fsp3) is 0.500. The summed E-state index contributed by atoms with van der Waals surface area (Å²) in [5, 5.41) is 0. The molecule has 0 unspecified atom stereocenters. The van der Waals surface area contributed by atoms with E-state index < -0.39 is 11.6 Å². The highest BCUT2D eigenvalue weighted by Gasteiger charge is 2.48. The Labute approximate surface area is 71.1 Å². The normalized spacial score (nSPS) is 21.5. The zero-order valence-electron chi connectivity index (χ0n) is 7.29. The van der Waals surface area contributed by atoms with Crippen LogP contribution >= 0.6 is 0 Å². The Morgan fingerprint density at radius 1 is 1.42 bits per heavy atom. The molecule has 0 spiro atoms. The van der Waals surface area contributed by atoms with Gasteiger partial charge in [0.15, 0.2) is 0 Å². The van der Waals surface area contributed by atoms with Gasteiger partial charge in [-0.1, -0.05) is 6.42 Å². The van der Waals surface area contributed by atoms with Gasteiger partial charge in [-0.3, -0.25) is 4.79 Å². The summed E-state index contributed by atoms with van der Waals surface area (Å²) in [6, 6.07) is 1.60. The average Bonchev–Trinajstić information content (AvgIpc) is 2.15. The molecule has 1 heterocycles. The van der Waals surface area contributed by atoms with Crippen LogP contribution in [0.15, 0.2) is 0 Å². The van der Waals surface area contributed by atoms with E-state index in [0.29, 0.717) is 0 Å². The third kappa shape index (κ3) is 0.797. The standard InChI is InChI=1S/C8H10N2O2/c1-5-10-6(11)8(2,3)9(4)7(10)12/h1H,2-4H3. The lowest BCUT2D eigenvalue weighted by Gasteiger charge is -2.22. The van der Waals surface area contributed by atoms with E-state index in [1.165, 1.54) is 4.90 Å². The lowest BCUT2D eigenvalue weighted by atomic mass is 10.1. The lowest BCUT2D eigenvalue weighted by molar-refractivity contribution is -0.129. The molecule has 12 heavy (non-hydrogen) atoms. The Balaban J connectivity index is 3.13. The minimum atomic E-state index is -0.816. The second-order valence-electron chi connectivity index (χ2n) is 3.17. The Bertz CT molecular complexity index is 288. The van der Waals surface area contributed by atoms with Crippen molar-refractivity contribution in [3.05, 3.63) is 0 Å². The number of imide groups is 1. The predicted octanol–water partition coefficient (Wildman–Crippen LogP) is 0.250. The summed E-state index contributed by atoms with van der Waals surface area (Å²) in [6.07, 6.45) is 5.01. The number of carbonyl (C=O) groups excluding carboxylic acids is 2. The van der Waals surface area contributed by atoms with E-state index in [4.69, 9.17) is 6.42 Å². The molecule has 0 aromatic heterocycles. The summed E-state index contributed by atoms with van der Waals surface area (Å²) in [7, 11) is 1.55. The number of rotatable bonds is 0. The highest BCUT2D eigenvalue weighted by molar-refractivity contribution is 6.07. The van der Waals surface area contributed by atoms with E-state index in [-0.39, 0.29) is 5.91 Å². The molecular formula is C8H10N2O2. The smallest absolute Gasteiger partial charge is 0.312 e. The molecule has 0 bridgehead atoms. The fourth-order valence-corrected chi connectivity index (χ4v) is 1.01. The van der Waals surface area contributed by atoms with Gasteiger partial charge in [0.05, 0.1) is 0 Å². The summed E-state index contributed by atoms with van der Waals surface area (Å²) in [4.78, 5) is 24.8. The van der Waals surface area contributed by atoms with E-state index in [1.807, 2.05) is 6.04 Å². The van der Waals surface area contributed by atoms with Crippen LogP contribution in [0, 0.1) is 12.5 Å². The summed E-state index contributed by atoms with van der Waals surface area (Å²) in [6.45, 7) is 3.31. The molecular weight excluding hydrogens is 156 g/mol. The Morgan fingerprint density at radius 3 is 2.08 bits per heavy atom. The molecule has 0 N–H and O–H groups in total. The van der Waals surface area contributed by atoms with Crippen molar-refractivity contribution in [1.29, 1.82) is 0 Å². The molecule has 1 aliphatic heterocycles. The molecule has 1 rings (SSSR count). The average molecular weight is 166 g/mol. The van der Waals surface area contributed by atoms with Gasteiger partial charge in [-0.25, -0.2) is 4.79 Å². The number of amides is 3. The number of terminal acetylenes is 1. The fourth-order valence-electron chi connectivity index (χ4n) is 1.01. The van der Waals surface area contributed by atoms with Crippen molar-refractivity contribution in [3.63, 3.8) is 0 Å². The summed E-state index contributed by atoms with van der Waals surface area (Å²) in [5.74, 6) is -0.350. The van der Waals surface area contributed by atoms with Gasteiger partial charge in [0.1, 0.15) is 5.54 Å². The van der Waals surface area contributed by atoms with Crippen molar-refractivity contribution in [1.82, 2.24) is 9.80 Å². The molecule has 1 aliphatic rings. The van der Waals surface area contributed by atoms with Crippen molar-refractivity contribution in [2.75, 3.05) is 7.05 Å². The highest BCUT2D eigenvalue weighted by Crippen LogP contribution is 2.24. The number of carbonyl (C=O) groups is 2. The number of likely N-dealkylation sites (N-methyl/N-ethyl adjacent to an activating group) is 1. The predicted molar refractivity (Wildman–Crippen MR) is 42.9 cm³/mol. The van der Waals surface area contributed by atoms with Gasteiger partial charge < -0.3 is 4.90 Å². The van der Waals surface area contributed by atoms with Gasteiger partial charge >= 0.3 is 6.03 Å². The van der Waals surface area contributed by atoms with Gasteiger partial charge in [-0.15, -0.1) is 0 Å². The van der Waals surface area contributed by atoms with Crippen LogP contribution in [0.4, 0.5) is 4.79 Å². The third-order valence-electron chi connectivity index (χ3n) is 2.17. The molecule has 0 radical (unpaired) electrons. The molecule has 64 valence electrons. The minimum Gasteiger partial charge on any atom is -0.312 e. The monoisotopic (exact) mass is 166 g/mol. The number of hydrogen-bond donors (Lipinski definition) is 0. The molecule has 0 saturated carbocycles. The van der Waals surface area contributed by atoms with Crippen LogP contribution < -0.4 is 0 Å². The van der Waals surface area contributed by atoms with Crippen molar-refractivity contribution in [3.8, 4) is 12.5 Å². The first kappa shape index (κ1) is 8.60. The second-order valence-corrected chi connectivity index (χ2v) is 3.17. The Hall–Kier alpha value is -1.50. The third-order valence-corrected chi connectivity index (χ3v) is 2.17. The maximum Gasteiger partial charge on any atom is 0.339 e. The Morgan fingerprint density at radius 2 is 1.92 bits per heavy atom. The van der Waals surface area contributed by atoms with Crippen LogP contribution in [-0.4, -0.2) is 34.3 Å². The maximum atomic E-state index is 11.4. The van der Waals surface area contributed by atoms with Gasteiger partial charge in [-0.05, 0) is 13.8 Å². The largest absolute Gasteiger partial charge is 0.339 e. The molecule has 4 heteroatoms. The van der Waals surface area contributed by atoms with Crippen LogP contribution in [0.2, 0.25) is 0 Å². The summed E-state index contributed by atoms with van der Waals surface area (Å²) in [5.41, 5.74) is -0.816. The molecule has 1 saturated heterocycles. The summed E-state index contributed by atoms with van der Waals surface area (Å²) < 4.78 is 0.